The van der Waals surface area contributed by atoms with Gasteiger partial charge in [-0.25, -0.2) is 4.98 Å². The van der Waals surface area contributed by atoms with Crippen LogP contribution in [0.1, 0.15) is 16.8 Å². The maximum atomic E-state index is 6.22. The smallest absolute Gasteiger partial charge is 0.225 e. The van der Waals surface area contributed by atoms with Crippen LogP contribution in [-0.2, 0) is 13.0 Å². The molecule has 1 aliphatic heterocycles. The van der Waals surface area contributed by atoms with Crippen LogP contribution in [0.2, 0.25) is 5.02 Å². The zero-order valence-corrected chi connectivity index (χ0v) is 14.8. The first-order valence-electron chi connectivity index (χ1n) is 8.39. The van der Waals surface area contributed by atoms with Gasteiger partial charge < -0.3 is 10.2 Å². The number of anilines is 3. The first-order valence-corrected chi connectivity index (χ1v) is 8.77. The quantitative estimate of drug-likeness (QED) is 0.737. The van der Waals surface area contributed by atoms with E-state index in [9.17, 15) is 0 Å². The summed E-state index contributed by atoms with van der Waals surface area (Å²) in [6.45, 7) is 3.53. The zero-order chi connectivity index (χ0) is 17.2. The van der Waals surface area contributed by atoms with E-state index in [4.69, 9.17) is 16.6 Å². The summed E-state index contributed by atoms with van der Waals surface area (Å²) in [7, 11) is 0. The Balaban J connectivity index is 1.58. The molecule has 126 valence electrons. The van der Waals surface area contributed by atoms with Gasteiger partial charge in [0.25, 0.3) is 0 Å². The van der Waals surface area contributed by atoms with Gasteiger partial charge in [0.1, 0.15) is 5.82 Å². The lowest BCUT2D eigenvalue weighted by Gasteiger charge is -2.19. The molecule has 0 aliphatic carbocycles. The van der Waals surface area contributed by atoms with Gasteiger partial charge in [0.2, 0.25) is 5.95 Å². The average Bonchev–Trinajstić information content (AvgIpc) is 3.05. The molecule has 1 N–H and O–H groups in total. The fraction of sp³-hybridized carbons (Fsp3) is 0.200. The van der Waals surface area contributed by atoms with E-state index in [1.54, 1.807) is 0 Å². The molecule has 2 aromatic carbocycles. The Hall–Kier alpha value is -2.59. The van der Waals surface area contributed by atoms with Gasteiger partial charge in [0.15, 0.2) is 0 Å². The minimum atomic E-state index is 0.596. The maximum Gasteiger partial charge on any atom is 0.225 e. The van der Waals surface area contributed by atoms with Crippen molar-refractivity contribution in [3.8, 4) is 0 Å². The minimum absolute atomic E-state index is 0.596. The van der Waals surface area contributed by atoms with Gasteiger partial charge in [-0.05, 0) is 36.6 Å². The molecule has 25 heavy (non-hydrogen) atoms. The van der Waals surface area contributed by atoms with E-state index >= 15 is 0 Å². The van der Waals surface area contributed by atoms with Crippen molar-refractivity contribution in [3.63, 3.8) is 0 Å². The Morgan fingerprint density at radius 1 is 1.08 bits per heavy atom. The molecule has 4 nitrogen and oxygen atoms in total. The number of benzene rings is 2. The number of nitrogens with zero attached hydrogens (tertiary/aromatic N) is 3. The van der Waals surface area contributed by atoms with E-state index in [0.29, 0.717) is 12.5 Å². The molecular weight excluding hydrogens is 332 g/mol. The zero-order valence-electron chi connectivity index (χ0n) is 14.0. The summed E-state index contributed by atoms with van der Waals surface area (Å²) in [5, 5.41) is 4.04. The number of rotatable bonds is 4. The van der Waals surface area contributed by atoms with E-state index < -0.39 is 0 Å². The molecule has 0 radical (unpaired) electrons. The Kier molecular flexibility index (Phi) is 4.28. The van der Waals surface area contributed by atoms with Gasteiger partial charge in [0.05, 0.1) is 0 Å². The van der Waals surface area contributed by atoms with E-state index in [-0.39, 0.29) is 0 Å². The van der Waals surface area contributed by atoms with Crippen LogP contribution >= 0.6 is 11.6 Å². The highest BCUT2D eigenvalue weighted by atomic mass is 35.5. The van der Waals surface area contributed by atoms with Crippen molar-refractivity contribution in [2.75, 3.05) is 16.8 Å². The predicted octanol–water partition coefficient (Wildman–Crippen LogP) is 4.74. The summed E-state index contributed by atoms with van der Waals surface area (Å²) in [5.74, 6) is 1.55. The summed E-state index contributed by atoms with van der Waals surface area (Å²) >= 11 is 6.22. The monoisotopic (exact) mass is 350 g/mol. The van der Waals surface area contributed by atoms with E-state index in [1.165, 1.54) is 11.3 Å². The largest absolute Gasteiger partial charge is 0.350 e. The summed E-state index contributed by atoms with van der Waals surface area (Å²) in [4.78, 5) is 11.5. The Labute approximate surface area is 152 Å². The molecule has 3 aromatic rings. The summed E-state index contributed by atoms with van der Waals surface area (Å²) in [5.41, 5.74) is 4.57. The maximum absolute atomic E-state index is 6.22. The number of hydrogen-bond donors (Lipinski definition) is 1. The molecule has 4 rings (SSSR count). The Bertz CT molecular complexity index is 910. The first-order chi connectivity index (χ1) is 12.2. The highest BCUT2D eigenvalue weighted by Gasteiger charge is 2.21. The van der Waals surface area contributed by atoms with Gasteiger partial charge >= 0.3 is 0 Å². The van der Waals surface area contributed by atoms with Crippen LogP contribution in [0, 0.1) is 6.92 Å². The highest BCUT2D eigenvalue weighted by molar-refractivity contribution is 6.31. The first kappa shape index (κ1) is 15.9. The lowest BCUT2D eigenvalue weighted by Crippen LogP contribution is -2.16. The Morgan fingerprint density at radius 3 is 2.76 bits per heavy atom. The van der Waals surface area contributed by atoms with Gasteiger partial charge in [0, 0.05) is 35.6 Å². The lowest BCUT2D eigenvalue weighted by molar-refractivity contribution is 0.948. The number of nitrogens with one attached hydrogen (secondary N) is 1. The number of aryl methyl sites for hydroxylation is 1. The second kappa shape index (κ2) is 6.73. The van der Waals surface area contributed by atoms with Crippen LogP contribution in [0.4, 0.5) is 17.5 Å². The molecular formula is C20H19ClN4. The third kappa shape index (κ3) is 3.30. The standard InChI is InChI=1S/C20H19ClN4/c1-14-12-19(25-11-10-15-6-3-5-9-18(15)25)24-20(23-14)22-13-16-7-2-4-8-17(16)21/h2-9,12H,10-11,13H2,1H3,(H,22,23,24). The molecule has 0 unspecified atom stereocenters. The van der Waals surface area contributed by atoms with Crippen molar-refractivity contribution in [2.45, 2.75) is 19.9 Å². The highest BCUT2D eigenvalue weighted by Crippen LogP contribution is 2.33. The molecule has 1 aromatic heterocycles. The second-order valence-electron chi connectivity index (χ2n) is 6.17. The summed E-state index contributed by atoms with van der Waals surface area (Å²) in [6.07, 6.45) is 1.04. The third-order valence-electron chi connectivity index (χ3n) is 4.40. The van der Waals surface area contributed by atoms with Crippen molar-refractivity contribution in [1.29, 1.82) is 0 Å². The molecule has 0 fully saturated rings. The average molecular weight is 351 g/mol. The molecule has 0 saturated carbocycles. The fourth-order valence-corrected chi connectivity index (χ4v) is 3.36. The van der Waals surface area contributed by atoms with Crippen molar-refractivity contribution in [3.05, 3.63) is 76.4 Å². The minimum Gasteiger partial charge on any atom is -0.350 e. The Morgan fingerprint density at radius 2 is 1.88 bits per heavy atom. The topological polar surface area (TPSA) is 41.1 Å². The van der Waals surface area contributed by atoms with Gasteiger partial charge in [-0.15, -0.1) is 0 Å². The summed E-state index contributed by atoms with van der Waals surface area (Å²) in [6, 6.07) is 18.3. The molecule has 0 saturated heterocycles. The molecule has 0 spiro atoms. The lowest BCUT2D eigenvalue weighted by atomic mass is 10.2. The van der Waals surface area contributed by atoms with Crippen molar-refractivity contribution < 1.29 is 0 Å². The van der Waals surface area contributed by atoms with Crippen molar-refractivity contribution >= 4 is 29.1 Å². The molecule has 0 bridgehead atoms. The number of para-hydroxylation sites is 1. The van der Waals surface area contributed by atoms with Gasteiger partial charge in [-0.1, -0.05) is 48.0 Å². The summed E-state index contributed by atoms with van der Waals surface area (Å²) < 4.78 is 0. The number of aromatic nitrogens is 2. The van der Waals surface area contributed by atoms with Crippen LogP contribution in [-0.4, -0.2) is 16.5 Å². The number of fused-ring (bicyclic) bond motifs is 1. The molecule has 2 heterocycles. The van der Waals surface area contributed by atoms with Crippen LogP contribution in [0.3, 0.4) is 0 Å². The number of hydrogen-bond acceptors (Lipinski definition) is 4. The van der Waals surface area contributed by atoms with Crippen molar-refractivity contribution in [1.82, 2.24) is 9.97 Å². The van der Waals surface area contributed by atoms with Crippen LogP contribution in [0.15, 0.2) is 54.6 Å². The van der Waals surface area contributed by atoms with Gasteiger partial charge in [-0.2, -0.15) is 4.98 Å². The fourth-order valence-electron chi connectivity index (χ4n) is 3.16. The third-order valence-corrected chi connectivity index (χ3v) is 4.77. The van der Waals surface area contributed by atoms with Crippen LogP contribution < -0.4 is 10.2 Å². The van der Waals surface area contributed by atoms with E-state index in [1.807, 2.05) is 37.3 Å². The van der Waals surface area contributed by atoms with Crippen LogP contribution in [0.5, 0.6) is 0 Å². The molecule has 0 amide bonds. The van der Waals surface area contributed by atoms with Crippen molar-refractivity contribution in [2.24, 2.45) is 0 Å². The normalized spacial score (nSPS) is 13.0. The second-order valence-corrected chi connectivity index (χ2v) is 6.57. The molecule has 1 aliphatic rings. The number of halogens is 1. The SMILES string of the molecule is Cc1cc(N2CCc3ccccc32)nc(NCc2ccccc2Cl)n1. The van der Waals surface area contributed by atoms with E-state index in [2.05, 4.69) is 39.5 Å². The predicted molar refractivity (Wildman–Crippen MR) is 103 cm³/mol. The molecule has 0 atom stereocenters. The van der Waals surface area contributed by atoms with Crippen LogP contribution in [0.25, 0.3) is 0 Å². The van der Waals surface area contributed by atoms with Gasteiger partial charge in [-0.3, -0.25) is 0 Å². The van der Waals surface area contributed by atoms with E-state index in [0.717, 1.165) is 35.1 Å². The molecule has 5 heteroatoms.